The summed E-state index contributed by atoms with van der Waals surface area (Å²) in [4.78, 5) is 5.02. The van der Waals surface area contributed by atoms with Crippen LogP contribution in [0.15, 0.2) is 146 Å². The van der Waals surface area contributed by atoms with Crippen molar-refractivity contribution in [1.82, 2.24) is 14.1 Å². The predicted molar refractivity (Wildman–Crippen MR) is 180 cm³/mol. The monoisotopic (exact) mass is 549 g/mol. The Labute approximate surface area is 249 Å². The van der Waals surface area contributed by atoms with Crippen molar-refractivity contribution in [2.45, 2.75) is 6.92 Å². The standard InChI is InChI=1S/C40H27N3/c1-26-16-24-36-38-31(26)21-22-33-32(23-25-37(39(33)38)42(36)29-12-6-3-7-13-29)27-17-19-30(20-18-27)43-35-15-9-8-14-34(35)41-40(43)28-10-4-2-5-11-28/h2-25H,1H3. The molecule has 0 atom stereocenters. The number of hydrogen-bond donors (Lipinski definition) is 0. The molecule has 0 aliphatic heterocycles. The fourth-order valence-corrected chi connectivity index (χ4v) is 6.87. The molecule has 0 unspecified atom stereocenters. The van der Waals surface area contributed by atoms with Crippen molar-refractivity contribution >= 4 is 43.6 Å². The summed E-state index contributed by atoms with van der Waals surface area (Å²) >= 11 is 0. The lowest BCUT2D eigenvalue weighted by Crippen LogP contribution is -1.97. The molecule has 9 rings (SSSR count). The van der Waals surface area contributed by atoms with E-state index in [-0.39, 0.29) is 0 Å². The highest BCUT2D eigenvalue weighted by Crippen LogP contribution is 2.43. The zero-order valence-corrected chi connectivity index (χ0v) is 23.7. The Kier molecular flexibility index (Phi) is 5.11. The molecule has 3 nitrogen and oxygen atoms in total. The lowest BCUT2D eigenvalue weighted by molar-refractivity contribution is 1.10. The summed E-state index contributed by atoms with van der Waals surface area (Å²) in [5.41, 5.74) is 11.7. The van der Waals surface area contributed by atoms with Crippen LogP contribution in [0.1, 0.15) is 5.56 Å². The number of aromatic nitrogens is 3. The maximum atomic E-state index is 5.02. The van der Waals surface area contributed by atoms with Crippen molar-refractivity contribution in [2.24, 2.45) is 0 Å². The minimum atomic E-state index is 0.950. The molecule has 0 radical (unpaired) electrons. The topological polar surface area (TPSA) is 22.8 Å². The smallest absolute Gasteiger partial charge is 0.145 e. The average Bonchev–Trinajstić information content (AvgIpc) is 3.62. The Morgan fingerprint density at radius 1 is 0.442 bits per heavy atom. The van der Waals surface area contributed by atoms with E-state index >= 15 is 0 Å². The van der Waals surface area contributed by atoms with Gasteiger partial charge >= 0.3 is 0 Å². The van der Waals surface area contributed by atoms with Gasteiger partial charge in [0, 0.05) is 27.7 Å². The molecule has 2 aromatic heterocycles. The molecule has 43 heavy (non-hydrogen) atoms. The second kappa shape index (κ2) is 9.17. The van der Waals surface area contributed by atoms with Gasteiger partial charge in [-0.25, -0.2) is 4.98 Å². The van der Waals surface area contributed by atoms with Crippen LogP contribution in [-0.2, 0) is 0 Å². The fraction of sp³-hybridized carbons (Fsp3) is 0.0250. The van der Waals surface area contributed by atoms with Gasteiger partial charge in [-0.15, -0.1) is 0 Å². The molecule has 0 saturated heterocycles. The van der Waals surface area contributed by atoms with Gasteiger partial charge in [0.1, 0.15) is 5.82 Å². The summed E-state index contributed by atoms with van der Waals surface area (Å²) in [6.07, 6.45) is 0. The van der Waals surface area contributed by atoms with Crippen molar-refractivity contribution in [1.29, 1.82) is 0 Å². The van der Waals surface area contributed by atoms with Gasteiger partial charge in [0.15, 0.2) is 0 Å². The largest absolute Gasteiger partial charge is 0.309 e. The number of aryl methyl sites for hydroxylation is 1. The van der Waals surface area contributed by atoms with Crippen LogP contribution in [0, 0.1) is 6.92 Å². The van der Waals surface area contributed by atoms with Crippen LogP contribution in [0.2, 0.25) is 0 Å². The molecule has 7 aromatic carbocycles. The molecule has 0 spiro atoms. The summed E-state index contributed by atoms with van der Waals surface area (Å²) < 4.78 is 4.68. The molecule has 3 heteroatoms. The first kappa shape index (κ1) is 24.0. The Balaban J connectivity index is 1.24. The fourth-order valence-electron chi connectivity index (χ4n) is 6.87. The van der Waals surface area contributed by atoms with Crippen molar-refractivity contribution < 1.29 is 0 Å². The molecule has 202 valence electrons. The Hall–Kier alpha value is -5.67. The molecule has 0 aliphatic carbocycles. The third-order valence-corrected chi connectivity index (χ3v) is 8.86. The molecule has 0 saturated carbocycles. The zero-order valence-electron chi connectivity index (χ0n) is 23.7. The summed E-state index contributed by atoms with van der Waals surface area (Å²) in [7, 11) is 0. The summed E-state index contributed by atoms with van der Waals surface area (Å²) in [6.45, 7) is 2.21. The minimum absolute atomic E-state index is 0.950. The number of fused-ring (bicyclic) bond motifs is 1. The average molecular weight is 550 g/mol. The van der Waals surface area contributed by atoms with E-state index in [2.05, 4.69) is 156 Å². The number of imidazole rings is 1. The van der Waals surface area contributed by atoms with Crippen LogP contribution in [0.5, 0.6) is 0 Å². The van der Waals surface area contributed by atoms with Gasteiger partial charge in [0.05, 0.1) is 22.1 Å². The highest BCUT2D eigenvalue weighted by atomic mass is 15.1. The van der Waals surface area contributed by atoms with E-state index in [1.165, 1.54) is 55.0 Å². The van der Waals surface area contributed by atoms with E-state index in [9.17, 15) is 0 Å². The number of nitrogens with zero attached hydrogens (tertiary/aromatic N) is 3. The molecule has 2 heterocycles. The van der Waals surface area contributed by atoms with Gasteiger partial charge < -0.3 is 4.57 Å². The summed E-state index contributed by atoms with van der Waals surface area (Å²) in [6, 6.07) is 52.2. The van der Waals surface area contributed by atoms with Crippen LogP contribution in [-0.4, -0.2) is 14.1 Å². The molecular weight excluding hydrogens is 522 g/mol. The van der Waals surface area contributed by atoms with Gasteiger partial charge in [-0.05, 0) is 82.9 Å². The van der Waals surface area contributed by atoms with Gasteiger partial charge in [0.2, 0.25) is 0 Å². The molecule has 0 amide bonds. The summed E-state index contributed by atoms with van der Waals surface area (Å²) in [5.74, 6) is 0.950. The van der Waals surface area contributed by atoms with E-state index in [1.807, 2.05) is 6.07 Å². The van der Waals surface area contributed by atoms with Crippen LogP contribution in [0.4, 0.5) is 0 Å². The SMILES string of the molecule is Cc1ccc2c3c1ccc1c(-c4ccc(-n5c(-c6ccccc6)nc6ccccc65)cc4)ccc(c13)n2-c1ccccc1. The highest BCUT2D eigenvalue weighted by Gasteiger charge is 2.20. The Bertz CT molecular complexity index is 2430. The molecule has 9 aromatic rings. The second-order valence-electron chi connectivity index (χ2n) is 11.3. The number of benzene rings is 7. The first-order valence-electron chi connectivity index (χ1n) is 14.7. The lowest BCUT2D eigenvalue weighted by Gasteiger charge is -2.13. The molecule has 0 aliphatic rings. The van der Waals surface area contributed by atoms with Crippen molar-refractivity contribution in [2.75, 3.05) is 0 Å². The van der Waals surface area contributed by atoms with Crippen LogP contribution < -0.4 is 0 Å². The quantitative estimate of drug-likeness (QED) is 0.200. The number of rotatable bonds is 4. The molecule has 0 N–H and O–H groups in total. The Morgan fingerprint density at radius 3 is 1.86 bits per heavy atom. The van der Waals surface area contributed by atoms with E-state index in [0.717, 1.165) is 28.1 Å². The zero-order chi connectivity index (χ0) is 28.5. The Morgan fingerprint density at radius 2 is 1.07 bits per heavy atom. The molecule has 0 bridgehead atoms. The van der Waals surface area contributed by atoms with E-state index in [1.54, 1.807) is 0 Å². The van der Waals surface area contributed by atoms with Gasteiger partial charge in [0.25, 0.3) is 0 Å². The minimum Gasteiger partial charge on any atom is -0.309 e. The van der Waals surface area contributed by atoms with E-state index in [4.69, 9.17) is 4.98 Å². The molecular formula is C40H27N3. The predicted octanol–water partition coefficient (Wildman–Crippen LogP) is 10.4. The third kappa shape index (κ3) is 3.52. The van der Waals surface area contributed by atoms with Gasteiger partial charge in [-0.3, -0.25) is 4.57 Å². The first-order chi connectivity index (χ1) is 21.3. The van der Waals surface area contributed by atoms with Gasteiger partial charge in [-0.1, -0.05) is 97.1 Å². The van der Waals surface area contributed by atoms with Gasteiger partial charge in [-0.2, -0.15) is 0 Å². The maximum absolute atomic E-state index is 5.02. The maximum Gasteiger partial charge on any atom is 0.145 e. The lowest BCUT2D eigenvalue weighted by atomic mass is 9.93. The summed E-state index contributed by atoms with van der Waals surface area (Å²) in [5, 5.41) is 5.26. The van der Waals surface area contributed by atoms with Crippen molar-refractivity contribution in [3.63, 3.8) is 0 Å². The molecule has 0 fully saturated rings. The number of hydrogen-bond acceptors (Lipinski definition) is 1. The van der Waals surface area contributed by atoms with Crippen molar-refractivity contribution in [3.05, 3.63) is 151 Å². The van der Waals surface area contributed by atoms with Crippen LogP contribution in [0.3, 0.4) is 0 Å². The van der Waals surface area contributed by atoms with E-state index in [0.29, 0.717) is 0 Å². The normalized spacial score (nSPS) is 11.8. The van der Waals surface area contributed by atoms with Crippen molar-refractivity contribution in [3.8, 4) is 33.9 Å². The third-order valence-electron chi connectivity index (χ3n) is 8.86. The van der Waals surface area contributed by atoms with E-state index < -0.39 is 0 Å². The second-order valence-corrected chi connectivity index (χ2v) is 11.3. The highest BCUT2D eigenvalue weighted by molar-refractivity contribution is 6.27. The van der Waals surface area contributed by atoms with Crippen LogP contribution >= 0.6 is 0 Å². The first-order valence-corrected chi connectivity index (χ1v) is 14.7. The number of para-hydroxylation sites is 3. The van der Waals surface area contributed by atoms with Crippen LogP contribution in [0.25, 0.3) is 77.5 Å².